The third kappa shape index (κ3) is 4.80. The summed E-state index contributed by atoms with van der Waals surface area (Å²) in [6.07, 6.45) is 2.54. The van der Waals surface area contributed by atoms with Crippen molar-refractivity contribution < 1.29 is 8.95 Å². The third-order valence-electron chi connectivity index (χ3n) is 2.93. The fraction of sp³-hybridized carbons (Fsp3) is 0.462. The number of hydrogen-bond donors (Lipinski definition) is 2. The van der Waals surface area contributed by atoms with Gasteiger partial charge in [0.15, 0.2) is 0 Å². The highest BCUT2D eigenvalue weighted by atomic mass is 32.2. The molecule has 0 aliphatic carbocycles. The second-order valence-electron chi connectivity index (χ2n) is 4.30. The Morgan fingerprint density at radius 2 is 2.26 bits per heavy atom. The number of anilines is 1. The molecule has 0 fully saturated rings. The molecule has 4 nitrogen and oxygen atoms in total. The summed E-state index contributed by atoms with van der Waals surface area (Å²) in [7, 11) is 0.809. The summed E-state index contributed by atoms with van der Waals surface area (Å²) in [6.45, 7) is 2.68. The van der Waals surface area contributed by atoms with Crippen LogP contribution >= 0.6 is 12.2 Å². The van der Waals surface area contributed by atoms with Crippen LogP contribution in [0, 0.1) is 0 Å². The summed E-state index contributed by atoms with van der Waals surface area (Å²) in [4.78, 5) is 0.345. The molecule has 0 aromatic heterocycles. The van der Waals surface area contributed by atoms with Crippen LogP contribution in [0.4, 0.5) is 5.69 Å². The van der Waals surface area contributed by atoms with Crippen LogP contribution in [0.15, 0.2) is 18.2 Å². The van der Waals surface area contributed by atoms with Crippen molar-refractivity contribution in [3.8, 4) is 5.75 Å². The molecule has 0 radical (unpaired) electrons. The Balaban J connectivity index is 2.75. The smallest absolute Gasteiger partial charge is 0.120 e. The fourth-order valence-electron chi connectivity index (χ4n) is 1.59. The van der Waals surface area contributed by atoms with Crippen molar-refractivity contribution in [2.45, 2.75) is 18.6 Å². The molecule has 1 aromatic rings. The number of nitrogens with one attached hydrogen (secondary N) is 1. The van der Waals surface area contributed by atoms with E-state index in [0.717, 1.165) is 23.4 Å². The van der Waals surface area contributed by atoms with E-state index in [2.05, 4.69) is 5.32 Å². The van der Waals surface area contributed by atoms with E-state index >= 15 is 0 Å². The molecule has 0 saturated heterocycles. The van der Waals surface area contributed by atoms with Crippen molar-refractivity contribution in [1.29, 1.82) is 0 Å². The molecular weight excluding hydrogens is 280 g/mol. The van der Waals surface area contributed by atoms with E-state index in [1.807, 2.05) is 25.1 Å². The lowest BCUT2D eigenvalue weighted by molar-refractivity contribution is 0.415. The molecule has 0 heterocycles. The maximum absolute atomic E-state index is 11.3. The van der Waals surface area contributed by atoms with E-state index in [9.17, 15) is 4.21 Å². The molecule has 19 heavy (non-hydrogen) atoms. The molecule has 0 amide bonds. The summed E-state index contributed by atoms with van der Waals surface area (Å²) < 4.78 is 16.5. The minimum atomic E-state index is -0.804. The highest BCUT2D eigenvalue weighted by Gasteiger charge is 2.09. The molecule has 1 aromatic carbocycles. The van der Waals surface area contributed by atoms with Crippen LogP contribution in [0.3, 0.4) is 0 Å². The summed E-state index contributed by atoms with van der Waals surface area (Å²) >= 11 is 5.02. The molecule has 0 aliphatic heterocycles. The van der Waals surface area contributed by atoms with E-state index in [1.165, 1.54) is 0 Å². The number of nitrogens with two attached hydrogens (primary N) is 1. The fourth-order valence-corrected chi connectivity index (χ4v) is 2.22. The Bertz CT molecular complexity index is 478. The van der Waals surface area contributed by atoms with Crippen LogP contribution in [0.2, 0.25) is 0 Å². The van der Waals surface area contributed by atoms with Gasteiger partial charge in [-0.2, -0.15) is 0 Å². The summed E-state index contributed by atoms with van der Waals surface area (Å²) in [5.41, 5.74) is 7.33. The van der Waals surface area contributed by atoms with Crippen molar-refractivity contribution in [2.24, 2.45) is 5.73 Å². The van der Waals surface area contributed by atoms with Gasteiger partial charge in [-0.05, 0) is 18.6 Å². The quantitative estimate of drug-likeness (QED) is 0.753. The molecule has 2 atom stereocenters. The van der Waals surface area contributed by atoms with Crippen molar-refractivity contribution in [2.75, 3.05) is 25.2 Å². The van der Waals surface area contributed by atoms with Crippen molar-refractivity contribution in [3.05, 3.63) is 23.8 Å². The Morgan fingerprint density at radius 1 is 1.58 bits per heavy atom. The summed E-state index contributed by atoms with van der Waals surface area (Å²) in [5, 5.41) is 3.43. The van der Waals surface area contributed by atoms with Gasteiger partial charge in [0.25, 0.3) is 0 Å². The number of rotatable bonds is 7. The van der Waals surface area contributed by atoms with Crippen LogP contribution in [-0.2, 0) is 10.8 Å². The minimum Gasteiger partial charge on any atom is -0.497 e. The van der Waals surface area contributed by atoms with Crippen LogP contribution in [0.25, 0.3) is 0 Å². The van der Waals surface area contributed by atoms with Crippen molar-refractivity contribution in [3.63, 3.8) is 0 Å². The third-order valence-corrected chi connectivity index (χ3v) is 4.51. The summed E-state index contributed by atoms with van der Waals surface area (Å²) in [5.74, 6) is 0.745. The van der Waals surface area contributed by atoms with Gasteiger partial charge < -0.3 is 15.8 Å². The molecule has 2 unspecified atom stereocenters. The zero-order valence-corrected chi connectivity index (χ0v) is 13.1. The average molecular weight is 300 g/mol. The van der Waals surface area contributed by atoms with Gasteiger partial charge in [-0.25, -0.2) is 0 Å². The highest BCUT2D eigenvalue weighted by Crippen LogP contribution is 2.22. The minimum absolute atomic E-state index is 0.159. The maximum atomic E-state index is 11.3. The Kier molecular flexibility index (Phi) is 6.24. The first-order valence-corrected chi connectivity index (χ1v) is 8.02. The van der Waals surface area contributed by atoms with Crippen LogP contribution < -0.4 is 15.8 Å². The van der Waals surface area contributed by atoms with Gasteiger partial charge in [0.1, 0.15) is 10.7 Å². The molecule has 0 saturated carbocycles. The topological polar surface area (TPSA) is 64.3 Å². The van der Waals surface area contributed by atoms with E-state index in [4.69, 9.17) is 22.7 Å². The van der Waals surface area contributed by atoms with Crippen LogP contribution in [0.1, 0.15) is 18.9 Å². The first kappa shape index (κ1) is 15.9. The monoisotopic (exact) mass is 300 g/mol. The molecule has 106 valence electrons. The lowest BCUT2D eigenvalue weighted by atomic mass is 10.1. The number of thiocarbonyl (C=S) groups is 1. The Morgan fingerprint density at radius 3 is 2.79 bits per heavy atom. The maximum Gasteiger partial charge on any atom is 0.120 e. The number of benzene rings is 1. The molecular formula is C13H20N2O2S2. The van der Waals surface area contributed by atoms with Gasteiger partial charge in [0, 0.05) is 46.2 Å². The van der Waals surface area contributed by atoms with Gasteiger partial charge in [-0.1, -0.05) is 19.1 Å². The van der Waals surface area contributed by atoms with Gasteiger partial charge >= 0.3 is 0 Å². The summed E-state index contributed by atoms with van der Waals surface area (Å²) in [6, 6.07) is 5.52. The molecule has 0 aliphatic rings. The van der Waals surface area contributed by atoms with Crippen LogP contribution in [0.5, 0.6) is 5.75 Å². The molecule has 1 rings (SSSR count). The van der Waals surface area contributed by atoms with Crippen molar-refractivity contribution >= 4 is 33.7 Å². The van der Waals surface area contributed by atoms with Gasteiger partial charge in [-0.15, -0.1) is 0 Å². The van der Waals surface area contributed by atoms with Crippen molar-refractivity contribution in [1.82, 2.24) is 0 Å². The number of methoxy groups -OCH3 is 1. The lowest BCUT2D eigenvalue weighted by Gasteiger charge is -2.14. The van der Waals surface area contributed by atoms with E-state index in [-0.39, 0.29) is 5.25 Å². The van der Waals surface area contributed by atoms with E-state index in [0.29, 0.717) is 11.5 Å². The molecule has 0 spiro atoms. The largest absolute Gasteiger partial charge is 0.497 e. The van der Waals surface area contributed by atoms with Gasteiger partial charge in [0.05, 0.1) is 7.11 Å². The molecule has 3 N–H and O–H groups in total. The van der Waals surface area contributed by atoms with Gasteiger partial charge in [-0.3, -0.25) is 4.21 Å². The zero-order valence-electron chi connectivity index (χ0n) is 11.4. The SMILES string of the molecule is COc1ccc(C(N)=S)c(NCCC(C)S(C)=O)c1. The predicted molar refractivity (Wildman–Crippen MR) is 85.5 cm³/mol. The first-order valence-electron chi connectivity index (χ1n) is 5.99. The van der Waals surface area contributed by atoms with Crippen LogP contribution in [-0.4, -0.2) is 34.4 Å². The standard InChI is InChI=1S/C13H20N2O2S2/c1-9(19(3)16)6-7-15-12-8-10(17-2)4-5-11(12)13(14)18/h4-5,8-9,15H,6-7H2,1-3H3,(H2,14,18). The number of ether oxygens (including phenoxy) is 1. The predicted octanol–water partition coefficient (Wildman–Crippen LogP) is 1.90. The van der Waals surface area contributed by atoms with Gasteiger partial charge in [0.2, 0.25) is 0 Å². The second-order valence-corrected chi connectivity index (χ2v) is 6.54. The second kappa shape index (κ2) is 7.45. The average Bonchev–Trinajstić information content (AvgIpc) is 2.37. The Hall–Kier alpha value is -1.14. The molecule has 0 bridgehead atoms. The molecule has 6 heteroatoms. The first-order chi connectivity index (χ1) is 8.95. The highest BCUT2D eigenvalue weighted by molar-refractivity contribution is 7.84. The lowest BCUT2D eigenvalue weighted by Crippen LogP contribution is -2.17. The van der Waals surface area contributed by atoms with E-state index in [1.54, 1.807) is 13.4 Å². The van der Waals surface area contributed by atoms with E-state index < -0.39 is 10.8 Å². The Labute approximate surface area is 122 Å². The normalized spacial score (nSPS) is 13.6. The number of hydrogen-bond acceptors (Lipinski definition) is 4. The zero-order chi connectivity index (χ0) is 14.4.